The Hall–Kier alpha value is -2.84. The summed E-state index contributed by atoms with van der Waals surface area (Å²) in [5.74, 6) is 0.148. The quantitative estimate of drug-likeness (QED) is 0.463. The summed E-state index contributed by atoms with van der Waals surface area (Å²) in [6.45, 7) is 4.22. The van der Waals surface area contributed by atoms with Crippen LogP contribution in [0.25, 0.3) is 0 Å². The number of amides is 1. The average molecular weight is 529 g/mol. The van der Waals surface area contributed by atoms with Crippen LogP contribution in [-0.2, 0) is 27.7 Å². The number of halogens is 1. The maximum atomic E-state index is 13.1. The van der Waals surface area contributed by atoms with Gasteiger partial charge in [-0.1, -0.05) is 41.1 Å². The molecule has 33 heavy (non-hydrogen) atoms. The number of rotatable bonds is 7. The van der Waals surface area contributed by atoms with E-state index in [1.165, 1.54) is 16.4 Å². The van der Waals surface area contributed by atoms with Crippen molar-refractivity contribution in [1.29, 1.82) is 0 Å². The highest BCUT2D eigenvalue weighted by molar-refractivity contribution is 9.10. The summed E-state index contributed by atoms with van der Waals surface area (Å²) in [6, 6.07) is 17.6. The summed E-state index contributed by atoms with van der Waals surface area (Å²) in [5.41, 5.74) is 4.55. The minimum atomic E-state index is -3.66. The van der Waals surface area contributed by atoms with E-state index < -0.39 is 10.0 Å². The molecule has 1 heterocycles. The first-order chi connectivity index (χ1) is 15.8. The Kier molecular flexibility index (Phi) is 6.76. The molecule has 0 radical (unpaired) electrons. The molecule has 0 saturated heterocycles. The van der Waals surface area contributed by atoms with E-state index in [1.807, 2.05) is 50.2 Å². The highest BCUT2D eigenvalue weighted by Gasteiger charge is 2.30. The number of benzene rings is 3. The van der Waals surface area contributed by atoms with E-state index in [0.717, 1.165) is 39.0 Å². The highest BCUT2D eigenvalue weighted by Crippen LogP contribution is 2.33. The number of nitrogens with zero attached hydrogens (tertiary/aromatic N) is 1. The lowest BCUT2D eigenvalue weighted by atomic mass is 10.1. The van der Waals surface area contributed by atoms with Crippen LogP contribution in [0.15, 0.2) is 70.0 Å². The summed E-state index contributed by atoms with van der Waals surface area (Å²) in [7, 11) is -3.66. The van der Waals surface area contributed by atoms with Gasteiger partial charge in [-0.05, 0) is 78.9 Å². The molecule has 0 aliphatic carbocycles. The van der Waals surface area contributed by atoms with Crippen LogP contribution in [-0.4, -0.2) is 27.5 Å². The van der Waals surface area contributed by atoms with Gasteiger partial charge < -0.3 is 10.1 Å². The van der Waals surface area contributed by atoms with Crippen molar-refractivity contribution < 1.29 is 17.9 Å². The van der Waals surface area contributed by atoms with Crippen molar-refractivity contribution in [3.8, 4) is 5.75 Å². The maximum Gasteiger partial charge on any atom is 0.264 e. The molecule has 0 spiro atoms. The first-order valence-corrected chi connectivity index (χ1v) is 13.0. The Bertz CT molecular complexity index is 1290. The Morgan fingerprint density at radius 1 is 1.12 bits per heavy atom. The van der Waals surface area contributed by atoms with E-state index in [4.69, 9.17) is 4.74 Å². The van der Waals surface area contributed by atoms with Gasteiger partial charge in [0.2, 0.25) is 0 Å². The van der Waals surface area contributed by atoms with E-state index in [9.17, 15) is 13.2 Å². The SMILES string of the molecule is CCc1cc(Br)cc(C)c1NC(=O)COc1ccc(S(=O)(=O)N2CCc3ccccc32)cc1. The fourth-order valence-corrected chi connectivity index (χ4v) is 6.11. The number of nitrogens with one attached hydrogen (secondary N) is 1. The summed E-state index contributed by atoms with van der Waals surface area (Å²) in [5, 5.41) is 2.92. The lowest BCUT2D eigenvalue weighted by Gasteiger charge is -2.19. The van der Waals surface area contributed by atoms with Crippen LogP contribution in [0, 0.1) is 6.92 Å². The molecule has 0 aromatic heterocycles. The monoisotopic (exact) mass is 528 g/mol. The Morgan fingerprint density at radius 2 is 1.85 bits per heavy atom. The number of carbonyl (C=O) groups is 1. The van der Waals surface area contributed by atoms with Gasteiger partial charge in [-0.15, -0.1) is 0 Å². The van der Waals surface area contributed by atoms with Gasteiger partial charge >= 0.3 is 0 Å². The number of anilines is 2. The second-order valence-electron chi connectivity index (χ2n) is 7.87. The van der Waals surface area contributed by atoms with Crippen molar-refractivity contribution in [2.45, 2.75) is 31.6 Å². The van der Waals surface area contributed by atoms with Crippen molar-refractivity contribution in [1.82, 2.24) is 0 Å². The zero-order valence-corrected chi connectivity index (χ0v) is 20.9. The number of sulfonamides is 1. The van der Waals surface area contributed by atoms with Crippen molar-refractivity contribution in [2.24, 2.45) is 0 Å². The van der Waals surface area contributed by atoms with Gasteiger partial charge in [0.1, 0.15) is 5.75 Å². The second-order valence-corrected chi connectivity index (χ2v) is 10.7. The summed E-state index contributed by atoms with van der Waals surface area (Å²) < 4.78 is 34.2. The molecule has 8 heteroatoms. The molecule has 0 unspecified atom stereocenters. The largest absolute Gasteiger partial charge is 0.484 e. The van der Waals surface area contributed by atoms with Gasteiger partial charge in [0.05, 0.1) is 10.6 Å². The number of hydrogen-bond acceptors (Lipinski definition) is 4. The molecule has 1 N–H and O–H groups in total. The molecule has 4 rings (SSSR count). The van der Waals surface area contributed by atoms with E-state index >= 15 is 0 Å². The molecule has 1 amide bonds. The Balaban J connectivity index is 1.41. The van der Waals surface area contributed by atoms with E-state index in [2.05, 4.69) is 21.2 Å². The van der Waals surface area contributed by atoms with Crippen LogP contribution in [0.1, 0.15) is 23.6 Å². The first-order valence-electron chi connectivity index (χ1n) is 10.7. The standard InChI is InChI=1S/C25H25BrN2O4S/c1-3-18-15-20(26)14-17(2)25(18)27-24(29)16-32-21-8-10-22(11-9-21)33(30,31)28-13-12-19-6-4-5-7-23(19)28/h4-11,14-15H,3,12-13,16H2,1-2H3,(H,27,29). The molecule has 0 atom stereocenters. The zero-order chi connectivity index (χ0) is 23.6. The molecule has 1 aliphatic rings. The van der Waals surface area contributed by atoms with Crippen LogP contribution in [0.3, 0.4) is 0 Å². The molecular formula is C25H25BrN2O4S. The van der Waals surface area contributed by atoms with Crippen molar-refractivity contribution in [2.75, 3.05) is 22.8 Å². The molecule has 6 nitrogen and oxygen atoms in total. The number of carbonyl (C=O) groups excluding carboxylic acids is 1. The number of aryl methyl sites for hydroxylation is 2. The third-order valence-corrected chi connectivity index (χ3v) is 7.94. The minimum Gasteiger partial charge on any atom is -0.484 e. The Morgan fingerprint density at radius 3 is 2.58 bits per heavy atom. The first kappa shape index (κ1) is 23.3. The maximum absolute atomic E-state index is 13.1. The third kappa shape index (κ3) is 4.91. The van der Waals surface area contributed by atoms with Gasteiger partial charge in [-0.25, -0.2) is 8.42 Å². The lowest BCUT2D eigenvalue weighted by Crippen LogP contribution is -2.29. The lowest BCUT2D eigenvalue weighted by molar-refractivity contribution is -0.118. The normalized spacial score (nSPS) is 13.0. The smallest absolute Gasteiger partial charge is 0.264 e. The van der Waals surface area contributed by atoms with Gasteiger partial charge in [0.25, 0.3) is 15.9 Å². The van der Waals surface area contributed by atoms with Crippen LogP contribution in [0.5, 0.6) is 5.75 Å². The van der Waals surface area contributed by atoms with Crippen molar-refractivity contribution in [3.05, 3.63) is 81.8 Å². The van der Waals surface area contributed by atoms with E-state index in [1.54, 1.807) is 12.1 Å². The number of hydrogen-bond donors (Lipinski definition) is 1. The average Bonchev–Trinajstić information content (AvgIpc) is 3.24. The molecule has 1 aliphatic heterocycles. The molecule has 3 aromatic rings. The minimum absolute atomic E-state index is 0.176. The van der Waals surface area contributed by atoms with E-state index in [-0.39, 0.29) is 17.4 Å². The van der Waals surface area contributed by atoms with Crippen LogP contribution in [0.4, 0.5) is 11.4 Å². The third-order valence-electron chi connectivity index (χ3n) is 5.65. The predicted molar refractivity (Wildman–Crippen MR) is 134 cm³/mol. The van der Waals surface area contributed by atoms with Crippen LogP contribution < -0.4 is 14.4 Å². The van der Waals surface area contributed by atoms with Gasteiger partial charge in [0.15, 0.2) is 6.61 Å². The molecule has 172 valence electrons. The number of para-hydroxylation sites is 1. The second kappa shape index (κ2) is 9.57. The molecule has 0 saturated carbocycles. The van der Waals surface area contributed by atoms with Crippen molar-refractivity contribution in [3.63, 3.8) is 0 Å². The van der Waals surface area contributed by atoms with Crippen LogP contribution >= 0.6 is 15.9 Å². The van der Waals surface area contributed by atoms with Crippen molar-refractivity contribution >= 4 is 43.2 Å². The van der Waals surface area contributed by atoms with Gasteiger partial charge in [0, 0.05) is 16.7 Å². The zero-order valence-electron chi connectivity index (χ0n) is 18.5. The Labute approximate surface area is 202 Å². The fraction of sp³-hybridized carbons (Fsp3) is 0.240. The summed E-state index contributed by atoms with van der Waals surface area (Å²) in [4.78, 5) is 12.6. The fourth-order valence-electron chi connectivity index (χ4n) is 3.99. The van der Waals surface area contributed by atoms with Crippen LogP contribution in [0.2, 0.25) is 0 Å². The molecule has 0 fully saturated rings. The number of fused-ring (bicyclic) bond motifs is 1. The summed E-state index contributed by atoms with van der Waals surface area (Å²) >= 11 is 3.48. The van der Waals surface area contributed by atoms with E-state index in [0.29, 0.717) is 18.7 Å². The molecule has 0 bridgehead atoms. The predicted octanol–water partition coefficient (Wildman–Crippen LogP) is 5.09. The molecule has 3 aromatic carbocycles. The summed E-state index contributed by atoms with van der Waals surface area (Å²) in [6.07, 6.45) is 1.48. The van der Waals surface area contributed by atoms with Gasteiger partial charge in [-0.2, -0.15) is 0 Å². The topological polar surface area (TPSA) is 75.7 Å². The number of ether oxygens (including phenoxy) is 1. The van der Waals surface area contributed by atoms with Gasteiger partial charge in [-0.3, -0.25) is 9.10 Å². The molecular weight excluding hydrogens is 504 g/mol. The highest BCUT2D eigenvalue weighted by atomic mass is 79.9.